The van der Waals surface area contributed by atoms with Crippen molar-refractivity contribution >= 4 is 58.6 Å². The van der Waals surface area contributed by atoms with Crippen LogP contribution in [0.15, 0.2) is 65.7 Å². The Morgan fingerprint density at radius 3 is 2.21 bits per heavy atom. The Balaban J connectivity index is 1.75. The molecule has 250 valence electrons. The number of nitrogens with zero attached hydrogens (tertiary/aromatic N) is 3. The van der Waals surface area contributed by atoms with E-state index in [9.17, 15) is 42.3 Å². The number of hydrogen-bond donors (Lipinski definition) is 3. The lowest BCUT2D eigenvalue weighted by molar-refractivity contribution is -0.274. The number of carboxylic acids is 1. The zero-order chi connectivity index (χ0) is 34.9. The van der Waals surface area contributed by atoms with Gasteiger partial charge in [-0.15, -0.1) is 13.2 Å². The highest BCUT2D eigenvalue weighted by molar-refractivity contribution is 6.34. The van der Waals surface area contributed by atoms with Crippen LogP contribution in [0.3, 0.4) is 0 Å². The van der Waals surface area contributed by atoms with Gasteiger partial charge in [-0.25, -0.2) is 9.59 Å². The molecule has 2 aliphatic rings. The molecule has 0 saturated carbocycles. The summed E-state index contributed by atoms with van der Waals surface area (Å²) >= 11 is 12.7. The molecule has 5 rings (SSSR count). The summed E-state index contributed by atoms with van der Waals surface area (Å²) in [6.07, 6.45) is -6.07. The summed E-state index contributed by atoms with van der Waals surface area (Å²) in [5, 5.41) is 12.4. The Hall–Kier alpha value is -5.15. The molecule has 0 bridgehead atoms. The number of halogens is 5. The third kappa shape index (κ3) is 7.52. The number of carbonyl (C=O) groups excluding carboxylic acids is 4. The van der Waals surface area contributed by atoms with Crippen LogP contribution in [0.2, 0.25) is 10.0 Å². The minimum absolute atomic E-state index is 0.0435. The summed E-state index contributed by atoms with van der Waals surface area (Å²) < 4.78 is 45.7. The van der Waals surface area contributed by atoms with Crippen molar-refractivity contribution in [1.29, 1.82) is 0 Å². The maximum atomic E-state index is 14.4. The number of nitrogens with two attached hydrogens (primary N) is 1. The van der Waals surface area contributed by atoms with E-state index in [1.54, 1.807) is 0 Å². The molecule has 0 aliphatic carbocycles. The Bertz CT molecular complexity index is 1830. The minimum atomic E-state index is -5.27. The Kier molecular flexibility index (Phi) is 9.64. The minimum Gasteiger partial charge on any atom is -0.478 e. The van der Waals surface area contributed by atoms with E-state index in [0.717, 1.165) is 23.1 Å². The number of benzene rings is 3. The van der Waals surface area contributed by atoms with Crippen molar-refractivity contribution < 1.29 is 47.0 Å². The van der Waals surface area contributed by atoms with Crippen LogP contribution in [0.4, 0.5) is 18.0 Å². The van der Waals surface area contributed by atoms with Gasteiger partial charge in [-0.1, -0.05) is 41.4 Å². The first-order valence-electron chi connectivity index (χ1n) is 14.0. The molecule has 0 spiro atoms. The van der Waals surface area contributed by atoms with Gasteiger partial charge in [0.2, 0.25) is 11.8 Å². The van der Waals surface area contributed by atoms with Gasteiger partial charge in [-0.05, 0) is 53.6 Å². The molecule has 3 aromatic carbocycles. The summed E-state index contributed by atoms with van der Waals surface area (Å²) in [5.41, 5.74) is 4.99. The molecule has 17 heteroatoms. The van der Waals surface area contributed by atoms with Crippen LogP contribution in [0, 0.1) is 0 Å². The normalized spacial score (nSPS) is 17.9. The fraction of sp³-hybridized carbons (Fsp3) is 0.226. The van der Waals surface area contributed by atoms with Crippen molar-refractivity contribution in [1.82, 2.24) is 15.1 Å². The summed E-state index contributed by atoms with van der Waals surface area (Å²) in [6, 6.07) is 9.77. The van der Waals surface area contributed by atoms with E-state index in [1.807, 2.05) is 0 Å². The Morgan fingerprint density at radius 1 is 0.979 bits per heavy atom. The molecule has 1 fully saturated rings. The highest BCUT2D eigenvalue weighted by Gasteiger charge is 2.46. The maximum Gasteiger partial charge on any atom is 0.573 e. The summed E-state index contributed by atoms with van der Waals surface area (Å²) in [6.45, 7) is -0.240. The number of alkyl halides is 3. The lowest BCUT2D eigenvalue weighted by Crippen LogP contribution is -2.55. The van der Waals surface area contributed by atoms with E-state index in [0.29, 0.717) is 11.1 Å². The van der Waals surface area contributed by atoms with E-state index >= 15 is 0 Å². The van der Waals surface area contributed by atoms with Crippen molar-refractivity contribution in [3.8, 4) is 5.75 Å². The van der Waals surface area contributed by atoms with Gasteiger partial charge in [-0.2, -0.15) is 0 Å². The van der Waals surface area contributed by atoms with Crippen LogP contribution in [-0.2, 0) is 9.59 Å². The van der Waals surface area contributed by atoms with Gasteiger partial charge < -0.3 is 25.8 Å². The highest BCUT2D eigenvalue weighted by Crippen LogP contribution is 2.46. The van der Waals surface area contributed by atoms with Crippen molar-refractivity contribution in [2.45, 2.75) is 24.9 Å². The second kappa shape index (κ2) is 13.5. The molecule has 4 amide bonds. The number of rotatable bonds is 8. The number of Topliss-reactive ketones (excluding diaryl/α,β-unsaturated/α-hetero) is 1. The molecule has 48 heavy (non-hydrogen) atoms. The van der Waals surface area contributed by atoms with Crippen molar-refractivity contribution in [2.24, 2.45) is 10.7 Å². The fourth-order valence-electron chi connectivity index (χ4n) is 5.41. The number of nitrogens with one attached hydrogen (secondary N) is 1. The van der Waals surface area contributed by atoms with Gasteiger partial charge >= 0.3 is 18.4 Å². The summed E-state index contributed by atoms with van der Waals surface area (Å²) in [4.78, 5) is 69.1. The number of piperazine rings is 1. The second-order valence-electron chi connectivity index (χ2n) is 10.7. The quantitative estimate of drug-likeness (QED) is 0.224. The van der Waals surface area contributed by atoms with Crippen LogP contribution in [0.5, 0.6) is 5.75 Å². The van der Waals surface area contributed by atoms with Gasteiger partial charge in [0.1, 0.15) is 24.2 Å². The zero-order valence-corrected chi connectivity index (χ0v) is 26.0. The van der Waals surface area contributed by atoms with Crippen LogP contribution in [0.1, 0.15) is 55.9 Å². The third-order valence-electron chi connectivity index (χ3n) is 7.41. The topological polar surface area (TPSA) is 172 Å². The van der Waals surface area contributed by atoms with E-state index in [1.165, 1.54) is 47.4 Å². The molecule has 0 unspecified atom stereocenters. The number of carboxylic acid groups (broad SMARTS) is 1. The largest absolute Gasteiger partial charge is 0.573 e. The molecule has 4 N–H and O–H groups in total. The fourth-order valence-corrected chi connectivity index (χ4v) is 5.95. The molecule has 12 nitrogen and oxygen atoms in total. The van der Waals surface area contributed by atoms with Gasteiger partial charge in [-0.3, -0.25) is 24.3 Å². The van der Waals surface area contributed by atoms with Crippen LogP contribution < -0.4 is 15.8 Å². The number of urea groups is 1. The first-order valence-corrected chi connectivity index (χ1v) is 14.8. The Morgan fingerprint density at radius 2 is 1.62 bits per heavy atom. The van der Waals surface area contributed by atoms with Gasteiger partial charge in [0.25, 0.3) is 0 Å². The third-order valence-corrected chi connectivity index (χ3v) is 7.85. The van der Waals surface area contributed by atoms with E-state index in [4.69, 9.17) is 33.9 Å². The molecule has 2 heterocycles. The summed E-state index contributed by atoms with van der Waals surface area (Å²) in [7, 11) is 0. The lowest BCUT2D eigenvalue weighted by Gasteiger charge is -2.36. The molecule has 3 aromatic rings. The van der Waals surface area contributed by atoms with E-state index in [-0.39, 0.29) is 52.2 Å². The van der Waals surface area contributed by atoms with E-state index in [2.05, 4.69) is 10.1 Å². The highest BCUT2D eigenvalue weighted by atomic mass is 35.5. The molecule has 2 aliphatic heterocycles. The number of aromatic carboxylic acids is 1. The zero-order valence-electron chi connectivity index (χ0n) is 24.5. The average Bonchev–Trinajstić information content (AvgIpc) is 3.39. The standard InChI is InChI=1S/C31H24Cl2F3N5O7/c32-19-9-18(10-20(33)12-19)27-26(15-1-3-16(4-2-15)29(45)46)39-28(41(27)30(47)40-8-7-38-25(44)14-40)21-6-5-17(22(42)13-24(37)43)11-23(21)48-31(34,35)36/h1-6,9-12,26-27H,7-8,13-14H2,(H2,37,43)(H,38,44)(H,45,46)/t26-,27+/m0/s1. The lowest BCUT2D eigenvalue weighted by atomic mass is 9.93. The van der Waals surface area contributed by atoms with Gasteiger partial charge in [0.15, 0.2) is 5.78 Å². The van der Waals surface area contributed by atoms with E-state index < -0.39 is 60.2 Å². The number of hydrogen-bond acceptors (Lipinski definition) is 7. The molecular weight excluding hydrogens is 682 g/mol. The maximum absolute atomic E-state index is 14.4. The predicted octanol–water partition coefficient (Wildman–Crippen LogP) is 4.74. The van der Waals surface area contributed by atoms with Crippen LogP contribution in [0.25, 0.3) is 0 Å². The van der Waals surface area contributed by atoms with Crippen molar-refractivity contribution in [3.63, 3.8) is 0 Å². The number of aliphatic imine (C=N–C) groups is 1. The molecular formula is C31H24Cl2F3N5O7. The van der Waals surface area contributed by atoms with Crippen molar-refractivity contribution in [3.05, 3.63) is 98.5 Å². The SMILES string of the molecule is NC(=O)CC(=O)c1ccc(C2=N[C@@H](c3ccc(C(=O)O)cc3)[C@@H](c3cc(Cl)cc(Cl)c3)N2C(=O)N2CCNC(=O)C2)c(OC(F)(F)F)c1. The van der Waals surface area contributed by atoms with Gasteiger partial charge in [0.05, 0.1) is 23.6 Å². The number of primary amides is 1. The number of ether oxygens (including phenoxy) is 1. The predicted molar refractivity (Wildman–Crippen MR) is 165 cm³/mol. The van der Waals surface area contributed by atoms with Gasteiger partial charge in [0, 0.05) is 28.7 Å². The molecule has 1 saturated heterocycles. The molecule has 0 radical (unpaired) electrons. The first-order chi connectivity index (χ1) is 22.6. The number of ketones is 1. The molecule has 0 aromatic heterocycles. The Labute approximate surface area is 279 Å². The second-order valence-corrected chi connectivity index (χ2v) is 11.6. The smallest absolute Gasteiger partial charge is 0.478 e. The average molecular weight is 706 g/mol. The number of amidine groups is 1. The summed E-state index contributed by atoms with van der Waals surface area (Å²) in [5.74, 6) is -4.85. The number of carbonyl (C=O) groups is 5. The van der Waals surface area contributed by atoms with Crippen LogP contribution in [-0.4, -0.2) is 76.3 Å². The number of amides is 4. The van der Waals surface area contributed by atoms with Crippen LogP contribution >= 0.6 is 23.2 Å². The monoisotopic (exact) mass is 705 g/mol. The van der Waals surface area contributed by atoms with Crippen molar-refractivity contribution in [2.75, 3.05) is 19.6 Å². The first kappa shape index (κ1) is 34.2. The molecule has 2 atom stereocenters.